The van der Waals surface area contributed by atoms with Crippen LogP contribution in [0.1, 0.15) is 19.8 Å². The standard InChI is InChI=1S/C18H24ClIN6O3S/c1-3-29-18(27)26-30(2,28)15-7-6-12(21)10-14(15)22-8-4-5-9-23-16-13(20)11-24-17(19)25-16/h6-7,10-11,22H,3-5,8-9,21H2,1-2H3,(H,23,24,25). The van der Waals surface area contributed by atoms with Crippen LogP contribution in [0.4, 0.5) is 22.0 Å². The van der Waals surface area contributed by atoms with Gasteiger partial charge in [0.25, 0.3) is 0 Å². The summed E-state index contributed by atoms with van der Waals surface area (Å²) in [5.74, 6) is 0.702. The highest BCUT2D eigenvalue weighted by Crippen LogP contribution is 2.26. The van der Waals surface area contributed by atoms with Crippen LogP contribution in [0.3, 0.4) is 0 Å². The molecule has 0 spiro atoms. The SMILES string of the molecule is CCOC(=O)N=S(C)(=O)c1ccc(N)cc1NCCCCNc1nc(Cl)ncc1I. The van der Waals surface area contributed by atoms with E-state index in [-0.39, 0.29) is 11.9 Å². The van der Waals surface area contributed by atoms with Crippen LogP contribution in [-0.4, -0.2) is 46.2 Å². The van der Waals surface area contributed by atoms with Crippen LogP contribution >= 0.6 is 34.2 Å². The van der Waals surface area contributed by atoms with Crippen LogP contribution in [0.5, 0.6) is 0 Å². The Morgan fingerprint density at radius 1 is 1.33 bits per heavy atom. The van der Waals surface area contributed by atoms with Crippen LogP contribution in [0, 0.1) is 3.57 Å². The zero-order chi connectivity index (χ0) is 22.1. The zero-order valence-corrected chi connectivity index (χ0v) is 20.4. The molecule has 1 atom stereocenters. The number of rotatable bonds is 9. The van der Waals surface area contributed by atoms with E-state index in [0.29, 0.717) is 35.2 Å². The van der Waals surface area contributed by atoms with E-state index in [1.807, 2.05) is 0 Å². The highest BCUT2D eigenvalue weighted by atomic mass is 127. The first-order valence-electron chi connectivity index (χ1n) is 9.17. The van der Waals surface area contributed by atoms with Crippen molar-refractivity contribution in [3.05, 3.63) is 33.2 Å². The third-order valence-electron chi connectivity index (χ3n) is 3.85. The molecule has 0 aliphatic rings. The molecule has 2 aromatic rings. The smallest absolute Gasteiger partial charge is 0.442 e. The normalized spacial score (nSPS) is 12.7. The van der Waals surface area contributed by atoms with Crippen LogP contribution in [0.15, 0.2) is 33.7 Å². The largest absolute Gasteiger partial charge is 0.448 e. The number of hydrogen-bond donors (Lipinski definition) is 3. The molecular formula is C18H24ClIN6O3S. The Morgan fingerprint density at radius 2 is 2.03 bits per heavy atom. The lowest BCUT2D eigenvalue weighted by molar-refractivity contribution is 0.164. The van der Waals surface area contributed by atoms with E-state index in [1.54, 1.807) is 31.3 Å². The maximum atomic E-state index is 13.0. The van der Waals surface area contributed by atoms with E-state index in [4.69, 9.17) is 22.1 Å². The summed E-state index contributed by atoms with van der Waals surface area (Å²) in [6.45, 7) is 3.15. The summed E-state index contributed by atoms with van der Waals surface area (Å²) in [7, 11) is -2.98. The van der Waals surface area contributed by atoms with Gasteiger partial charge in [-0.2, -0.15) is 4.98 Å². The van der Waals surface area contributed by atoms with Gasteiger partial charge in [0, 0.05) is 31.2 Å². The van der Waals surface area contributed by atoms with E-state index in [9.17, 15) is 9.00 Å². The van der Waals surface area contributed by atoms with Gasteiger partial charge in [0.1, 0.15) is 5.82 Å². The molecular weight excluding hydrogens is 543 g/mol. The highest BCUT2D eigenvalue weighted by Gasteiger charge is 2.15. The Labute approximate surface area is 194 Å². The average molecular weight is 567 g/mol. The predicted octanol–water partition coefficient (Wildman–Crippen LogP) is 4.23. The Morgan fingerprint density at radius 3 is 2.73 bits per heavy atom. The number of amides is 1. The Hall–Kier alpha value is -1.86. The molecule has 1 amide bonds. The number of nitrogen functional groups attached to an aromatic ring is 1. The van der Waals surface area contributed by atoms with Crippen molar-refractivity contribution in [1.82, 2.24) is 9.97 Å². The quantitative estimate of drug-likeness (QED) is 0.178. The molecule has 164 valence electrons. The number of anilines is 3. The summed E-state index contributed by atoms with van der Waals surface area (Å²) in [5.41, 5.74) is 6.98. The number of aromatic nitrogens is 2. The maximum absolute atomic E-state index is 13.0. The molecule has 1 aromatic heterocycles. The maximum Gasteiger partial charge on any atom is 0.442 e. The monoisotopic (exact) mass is 566 g/mol. The summed E-state index contributed by atoms with van der Waals surface area (Å²) in [6.07, 6.45) is 3.90. The van der Waals surface area contributed by atoms with Crippen LogP contribution in [0.25, 0.3) is 0 Å². The average Bonchev–Trinajstić information content (AvgIpc) is 2.66. The molecule has 0 aliphatic heterocycles. The number of ether oxygens (including phenoxy) is 1. The lowest BCUT2D eigenvalue weighted by Gasteiger charge is -2.14. The van der Waals surface area contributed by atoms with Crippen molar-refractivity contribution in [2.45, 2.75) is 24.7 Å². The van der Waals surface area contributed by atoms with Gasteiger partial charge in [-0.1, -0.05) is 0 Å². The third kappa shape index (κ3) is 7.43. The zero-order valence-electron chi connectivity index (χ0n) is 16.7. The molecule has 12 heteroatoms. The lowest BCUT2D eigenvalue weighted by Crippen LogP contribution is -2.12. The van der Waals surface area contributed by atoms with Gasteiger partial charge in [0.15, 0.2) is 0 Å². The van der Waals surface area contributed by atoms with E-state index in [1.165, 1.54) is 6.26 Å². The van der Waals surface area contributed by atoms with Gasteiger partial charge in [-0.05, 0) is 72.2 Å². The van der Waals surface area contributed by atoms with Gasteiger partial charge in [0.05, 0.1) is 30.5 Å². The predicted molar refractivity (Wildman–Crippen MR) is 129 cm³/mol. The fourth-order valence-electron chi connectivity index (χ4n) is 2.51. The molecule has 0 radical (unpaired) electrons. The minimum absolute atomic E-state index is 0.166. The molecule has 0 bridgehead atoms. The van der Waals surface area contributed by atoms with Gasteiger partial charge in [0.2, 0.25) is 5.28 Å². The number of halogens is 2. The van der Waals surface area contributed by atoms with Crippen molar-refractivity contribution in [3.63, 3.8) is 0 Å². The fraction of sp³-hybridized carbons (Fsp3) is 0.389. The second-order valence-corrected chi connectivity index (χ2v) is 9.97. The summed E-state index contributed by atoms with van der Waals surface area (Å²) >= 11 is 7.96. The van der Waals surface area contributed by atoms with E-state index in [2.05, 4.69) is 47.6 Å². The molecule has 4 N–H and O–H groups in total. The molecule has 1 aromatic carbocycles. The number of unbranched alkanes of at least 4 members (excludes halogenated alkanes) is 1. The van der Waals surface area contributed by atoms with Crippen LogP contribution in [-0.2, 0) is 14.5 Å². The Balaban J connectivity index is 1.95. The second-order valence-electron chi connectivity index (χ2n) is 6.24. The van der Waals surface area contributed by atoms with E-state index >= 15 is 0 Å². The van der Waals surface area contributed by atoms with E-state index in [0.717, 1.165) is 16.4 Å². The van der Waals surface area contributed by atoms with Gasteiger partial charge in [-0.15, -0.1) is 4.36 Å². The van der Waals surface area contributed by atoms with Crippen molar-refractivity contribution in [3.8, 4) is 0 Å². The first-order valence-corrected chi connectivity index (χ1v) is 12.5. The fourth-order valence-corrected chi connectivity index (χ4v) is 4.39. The molecule has 0 saturated carbocycles. The first kappa shape index (κ1) is 24.4. The summed E-state index contributed by atoms with van der Waals surface area (Å²) in [4.78, 5) is 20.1. The molecule has 0 fully saturated rings. The molecule has 0 saturated heterocycles. The van der Waals surface area contributed by atoms with Gasteiger partial charge in [-0.3, -0.25) is 0 Å². The minimum atomic E-state index is -2.98. The number of nitrogens with zero attached hydrogens (tertiary/aromatic N) is 3. The molecule has 1 heterocycles. The number of benzene rings is 1. The Bertz CT molecular complexity index is 1010. The van der Waals surface area contributed by atoms with Crippen molar-refractivity contribution in [1.29, 1.82) is 0 Å². The second kappa shape index (κ2) is 11.5. The third-order valence-corrected chi connectivity index (χ3v) is 6.50. The lowest BCUT2D eigenvalue weighted by atomic mass is 10.2. The first-order chi connectivity index (χ1) is 14.2. The Kier molecular flexibility index (Phi) is 9.37. The number of nitrogens with two attached hydrogens (primary N) is 1. The summed E-state index contributed by atoms with van der Waals surface area (Å²) in [5, 5.41) is 6.66. The van der Waals surface area contributed by atoms with Gasteiger partial charge >= 0.3 is 6.09 Å². The minimum Gasteiger partial charge on any atom is -0.448 e. The van der Waals surface area contributed by atoms with E-state index < -0.39 is 15.8 Å². The van der Waals surface area contributed by atoms with Crippen molar-refractivity contribution in [2.24, 2.45) is 4.36 Å². The molecule has 9 nitrogen and oxygen atoms in total. The molecule has 2 rings (SSSR count). The molecule has 0 aliphatic carbocycles. The number of hydrogen-bond acceptors (Lipinski definition) is 8. The summed E-state index contributed by atoms with van der Waals surface area (Å²) in [6, 6.07) is 4.93. The number of carbonyl (C=O) groups is 1. The van der Waals surface area contributed by atoms with Gasteiger partial charge in [-0.25, -0.2) is 14.0 Å². The van der Waals surface area contributed by atoms with Crippen molar-refractivity contribution < 1.29 is 13.7 Å². The molecule has 30 heavy (non-hydrogen) atoms. The van der Waals surface area contributed by atoms with Gasteiger partial charge < -0.3 is 21.1 Å². The highest BCUT2D eigenvalue weighted by molar-refractivity contribution is 14.1. The van der Waals surface area contributed by atoms with Crippen molar-refractivity contribution >= 4 is 67.2 Å². The van der Waals surface area contributed by atoms with Crippen molar-refractivity contribution in [2.75, 3.05) is 42.3 Å². The number of nitrogens with one attached hydrogen (secondary N) is 2. The van der Waals surface area contributed by atoms with Crippen LogP contribution in [0.2, 0.25) is 5.28 Å². The number of carbonyl (C=O) groups excluding carboxylic acids is 1. The topological polar surface area (TPSA) is 132 Å². The molecule has 1 unspecified atom stereocenters. The summed E-state index contributed by atoms with van der Waals surface area (Å²) < 4.78 is 22.4. The van der Waals surface area contributed by atoms with Crippen LogP contribution < -0.4 is 16.4 Å².